The summed E-state index contributed by atoms with van der Waals surface area (Å²) in [4.78, 5) is 18.7. The number of rotatable bonds is 3. The summed E-state index contributed by atoms with van der Waals surface area (Å²) < 4.78 is 10.9. The topological polar surface area (TPSA) is 51.7 Å². The van der Waals surface area contributed by atoms with E-state index in [2.05, 4.69) is 4.98 Å². The standard InChI is InChI=1S/C17H17ClN2O3/c1-20(14-4-3-8-19-16(14)22-2)17(21)12-7-9-23-15-6-5-11(18)10-13(12)15/h3-6,8,10,12H,7,9H2,1-2H3/t12-/m0/s1. The average Bonchev–Trinajstić information content (AvgIpc) is 2.59. The minimum Gasteiger partial charge on any atom is -0.493 e. The highest BCUT2D eigenvalue weighted by atomic mass is 35.5. The highest BCUT2D eigenvalue weighted by Crippen LogP contribution is 2.37. The summed E-state index contributed by atoms with van der Waals surface area (Å²) in [6.45, 7) is 0.503. The molecule has 0 unspecified atom stereocenters. The maximum Gasteiger partial charge on any atom is 0.237 e. The summed E-state index contributed by atoms with van der Waals surface area (Å²) in [5, 5.41) is 0.591. The van der Waals surface area contributed by atoms with Crippen molar-refractivity contribution in [2.75, 3.05) is 25.7 Å². The van der Waals surface area contributed by atoms with E-state index in [-0.39, 0.29) is 11.8 Å². The van der Waals surface area contributed by atoms with Crippen molar-refractivity contribution < 1.29 is 14.3 Å². The van der Waals surface area contributed by atoms with Gasteiger partial charge >= 0.3 is 0 Å². The Kier molecular flexibility index (Phi) is 4.39. The lowest BCUT2D eigenvalue weighted by Crippen LogP contribution is -2.34. The van der Waals surface area contributed by atoms with Crippen molar-refractivity contribution in [2.24, 2.45) is 0 Å². The van der Waals surface area contributed by atoms with E-state index in [0.29, 0.717) is 35.4 Å². The lowest BCUT2D eigenvalue weighted by molar-refractivity contribution is -0.120. The number of benzene rings is 1. The number of anilines is 1. The second-order valence-corrected chi connectivity index (χ2v) is 5.74. The van der Waals surface area contributed by atoms with Crippen LogP contribution in [0.25, 0.3) is 0 Å². The Morgan fingerprint density at radius 2 is 2.26 bits per heavy atom. The molecule has 0 saturated heterocycles. The number of amides is 1. The summed E-state index contributed by atoms with van der Waals surface area (Å²) >= 11 is 6.08. The molecule has 1 aromatic heterocycles. The van der Waals surface area contributed by atoms with Gasteiger partial charge in [0.15, 0.2) is 0 Å². The monoisotopic (exact) mass is 332 g/mol. The van der Waals surface area contributed by atoms with Gasteiger partial charge in [-0.1, -0.05) is 11.6 Å². The van der Waals surface area contributed by atoms with Gasteiger partial charge in [-0.3, -0.25) is 4.79 Å². The number of halogens is 1. The lowest BCUT2D eigenvalue weighted by Gasteiger charge is -2.29. The van der Waals surface area contributed by atoms with Gasteiger partial charge in [0.25, 0.3) is 0 Å². The second-order valence-electron chi connectivity index (χ2n) is 5.30. The summed E-state index contributed by atoms with van der Waals surface area (Å²) in [6, 6.07) is 8.95. The minimum absolute atomic E-state index is 0.0388. The van der Waals surface area contributed by atoms with E-state index >= 15 is 0 Å². The van der Waals surface area contributed by atoms with Crippen LogP contribution in [-0.2, 0) is 4.79 Å². The molecule has 0 bridgehead atoms. The molecule has 6 heteroatoms. The molecular formula is C17H17ClN2O3. The first kappa shape index (κ1) is 15.6. The number of likely N-dealkylation sites (N-methyl/N-ethyl adjacent to an activating group) is 1. The van der Waals surface area contributed by atoms with E-state index in [1.807, 2.05) is 12.1 Å². The van der Waals surface area contributed by atoms with Gasteiger partial charge in [-0.05, 0) is 36.8 Å². The van der Waals surface area contributed by atoms with Crippen molar-refractivity contribution in [3.8, 4) is 11.6 Å². The smallest absolute Gasteiger partial charge is 0.237 e. The van der Waals surface area contributed by atoms with Crippen LogP contribution in [0.4, 0.5) is 5.69 Å². The zero-order valence-corrected chi connectivity index (χ0v) is 13.7. The SMILES string of the molecule is COc1ncccc1N(C)C(=O)[C@H]1CCOc2ccc(Cl)cc21. The van der Waals surface area contributed by atoms with Crippen molar-refractivity contribution >= 4 is 23.2 Å². The Hall–Kier alpha value is -2.27. The molecule has 0 aliphatic carbocycles. The molecule has 1 aliphatic rings. The van der Waals surface area contributed by atoms with Crippen molar-refractivity contribution in [3.63, 3.8) is 0 Å². The summed E-state index contributed by atoms with van der Waals surface area (Å²) in [5.74, 6) is 0.794. The molecule has 5 nitrogen and oxygen atoms in total. The fourth-order valence-corrected chi connectivity index (χ4v) is 2.95. The molecule has 1 amide bonds. The highest BCUT2D eigenvalue weighted by molar-refractivity contribution is 6.30. The molecule has 1 aliphatic heterocycles. The molecule has 1 atom stereocenters. The number of ether oxygens (including phenoxy) is 2. The average molecular weight is 333 g/mol. The molecule has 2 aromatic rings. The largest absolute Gasteiger partial charge is 0.493 e. The van der Waals surface area contributed by atoms with E-state index in [1.54, 1.807) is 36.3 Å². The molecule has 0 fully saturated rings. The molecule has 2 heterocycles. The van der Waals surface area contributed by atoms with Crippen LogP contribution in [0.2, 0.25) is 5.02 Å². The minimum atomic E-state index is -0.299. The van der Waals surface area contributed by atoms with Crippen molar-refractivity contribution in [1.82, 2.24) is 4.98 Å². The Bertz CT molecular complexity index is 736. The number of nitrogens with zero attached hydrogens (tertiary/aromatic N) is 2. The fraction of sp³-hybridized carbons (Fsp3) is 0.294. The number of carbonyl (C=O) groups excluding carboxylic acids is 1. The molecular weight excluding hydrogens is 316 g/mol. The van der Waals surface area contributed by atoms with Gasteiger partial charge < -0.3 is 14.4 Å². The third-order valence-electron chi connectivity index (χ3n) is 3.95. The Balaban J connectivity index is 1.94. The molecule has 0 N–H and O–H groups in total. The van der Waals surface area contributed by atoms with E-state index < -0.39 is 0 Å². The molecule has 3 rings (SSSR count). The first-order valence-electron chi connectivity index (χ1n) is 7.30. The van der Waals surface area contributed by atoms with Gasteiger partial charge in [-0.25, -0.2) is 4.98 Å². The third kappa shape index (κ3) is 2.97. The number of pyridine rings is 1. The van der Waals surface area contributed by atoms with Crippen LogP contribution < -0.4 is 14.4 Å². The number of methoxy groups -OCH3 is 1. The van der Waals surface area contributed by atoms with Gasteiger partial charge in [0.1, 0.15) is 11.4 Å². The van der Waals surface area contributed by atoms with Gasteiger partial charge in [0, 0.05) is 23.8 Å². The number of carbonyl (C=O) groups is 1. The molecule has 0 saturated carbocycles. The third-order valence-corrected chi connectivity index (χ3v) is 4.18. The summed E-state index contributed by atoms with van der Waals surface area (Å²) in [6.07, 6.45) is 2.24. The number of hydrogen-bond donors (Lipinski definition) is 0. The van der Waals surface area contributed by atoms with Crippen LogP contribution in [0.1, 0.15) is 17.9 Å². The van der Waals surface area contributed by atoms with Gasteiger partial charge in [-0.2, -0.15) is 0 Å². The first-order valence-corrected chi connectivity index (χ1v) is 7.68. The lowest BCUT2D eigenvalue weighted by atomic mass is 9.91. The highest BCUT2D eigenvalue weighted by Gasteiger charge is 2.31. The van der Waals surface area contributed by atoms with Crippen LogP contribution >= 0.6 is 11.6 Å². The van der Waals surface area contributed by atoms with Crippen molar-refractivity contribution in [3.05, 3.63) is 47.1 Å². The molecule has 1 aromatic carbocycles. The number of hydrogen-bond acceptors (Lipinski definition) is 4. The summed E-state index contributed by atoms with van der Waals surface area (Å²) in [7, 11) is 3.26. The predicted octanol–water partition coefficient (Wildman–Crippen LogP) is 3.27. The van der Waals surface area contributed by atoms with Crippen LogP contribution in [-0.4, -0.2) is 31.7 Å². The van der Waals surface area contributed by atoms with Crippen LogP contribution in [0.5, 0.6) is 11.6 Å². The van der Waals surface area contributed by atoms with Gasteiger partial charge in [0.05, 0.1) is 19.6 Å². The molecule has 0 spiro atoms. The predicted molar refractivity (Wildman–Crippen MR) is 88.5 cm³/mol. The van der Waals surface area contributed by atoms with Crippen LogP contribution in [0, 0.1) is 0 Å². The second kappa shape index (κ2) is 6.46. The Morgan fingerprint density at radius 1 is 1.43 bits per heavy atom. The van der Waals surface area contributed by atoms with Crippen LogP contribution in [0.15, 0.2) is 36.5 Å². The number of aromatic nitrogens is 1. The summed E-state index contributed by atoms with van der Waals surface area (Å²) in [5.41, 5.74) is 1.46. The Labute approximate surface area is 139 Å². The van der Waals surface area contributed by atoms with Crippen LogP contribution in [0.3, 0.4) is 0 Å². The van der Waals surface area contributed by atoms with Gasteiger partial charge in [-0.15, -0.1) is 0 Å². The van der Waals surface area contributed by atoms with Crippen molar-refractivity contribution in [1.29, 1.82) is 0 Å². The quantitative estimate of drug-likeness (QED) is 0.865. The maximum absolute atomic E-state index is 13.0. The van der Waals surface area contributed by atoms with Gasteiger partial charge in [0.2, 0.25) is 11.8 Å². The maximum atomic E-state index is 13.0. The number of fused-ring (bicyclic) bond motifs is 1. The first-order chi connectivity index (χ1) is 11.1. The van der Waals surface area contributed by atoms with E-state index in [1.165, 1.54) is 7.11 Å². The van der Waals surface area contributed by atoms with E-state index in [4.69, 9.17) is 21.1 Å². The normalized spacial score (nSPS) is 16.2. The molecule has 23 heavy (non-hydrogen) atoms. The fourth-order valence-electron chi connectivity index (χ4n) is 2.77. The van der Waals surface area contributed by atoms with E-state index in [0.717, 1.165) is 5.56 Å². The Morgan fingerprint density at radius 3 is 3.04 bits per heavy atom. The zero-order chi connectivity index (χ0) is 16.4. The van der Waals surface area contributed by atoms with E-state index in [9.17, 15) is 4.79 Å². The van der Waals surface area contributed by atoms with Crippen molar-refractivity contribution in [2.45, 2.75) is 12.3 Å². The molecule has 0 radical (unpaired) electrons. The molecule has 120 valence electrons. The zero-order valence-electron chi connectivity index (χ0n) is 13.0.